The molecule has 146 valence electrons. The Balaban J connectivity index is 0.00000312. The molecule has 2 aromatic carbocycles. The Morgan fingerprint density at radius 3 is 2.35 bits per heavy atom. The maximum Gasteiger partial charge on any atom is 0.166 e. The summed E-state index contributed by atoms with van der Waals surface area (Å²) in [6, 6.07) is 12.4. The number of nitrogens with one attached hydrogen (secondary N) is 1. The molecular weight excluding hydrogens is 378 g/mol. The predicted molar refractivity (Wildman–Crippen MR) is 108 cm³/mol. The topological polar surface area (TPSA) is 33.7 Å². The number of para-hydroxylation sites is 1. The van der Waals surface area contributed by atoms with Gasteiger partial charge < -0.3 is 19.7 Å². The molecule has 0 aliphatic carbocycles. The molecule has 26 heavy (non-hydrogen) atoms. The largest absolute Gasteiger partial charge is 0.493 e. The summed E-state index contributed by atoms with van der Waals surface area (Å²) in [5.74, 6) is 1.04. The van der Waals surface area contributed by atoms with Gasteiger partial charge in [-0.05, 0) is 26.2 Å². The summed E-state index contributed by atoms with van der Waals surface area (Å²) in [6.07, 6.45) is 0. The molecule has 0 fully saturated rings. The van der Waals surface area contributed by atoms with Gasteiger partial charge in [-0.3, -0.25) is 0 Å². The minimum absolute atomic E-state index is 0. The van der Waals surface area contributed by atoms with E-state index in [0.717, 1.165) is 18.7 Å². The van der Waals surface area contributed by atoms with Crippen LogP contribution in [0.15, 0.2) is 42.5 Å². The summed E-state index contributed by atoms with van der Waals surface area (Å²) < 4.78 is 25.1. The molecule has 1 N–H and O–H groups in total. The lowest BCUT2D eigenvalue weighted by atomic mass is 10.1. The summed E-state index contributed by atoms with van der Waals surface area (Å²) in [5, 5.41) is 3.38. The quantitative estimate of drug-likeness (QED) is 0.642. The molecule has 0 amide bonds. The molecule has 0 aromatic heterocycles. The maximum atomic E-state index is 13.8. The van der Waals surface area contributed by atoms with Gasteiger partial charge in [-0.1, -0.05) is 30.3 Å². The Labute approximate surface area is 167 Å². The molecular formula is C19H27Cl2FN2O2. The van der Waals surface area contributed by atoms with Crippen LogP contribution in [0.2, 0.25) is 0 Å². The van der Waals surface area contributed by atoms with Crippen molar-refractivity contribution in [2.24, 2.45) is 0 Å². The number of hydrogen-bond donors (Lipinski definition) is 1. The van der Waals surface area contributed by atoms with Crippen molar-refractivity contribution in [3.8, 4) is 11.5 Å². The first kappa shape index (κ1) is 24.5. The SMILES string of the molecule is COc1cccc(CNCCN(C)C)c1OCc1ccccc1F.Cl.Cl. The van der Waals surface area contributed by atoms with Crippen molar-refractivity contribution in [1.29, 1.82) is 0 Å². The van der Waals surface area contributed by atoms with Gasteiger partial charge >= 0.3 is 0 Å². The highest BCUT2D eigenvalue weighted by atomic mass is 35.5. The van der Waals surface area contributed by atoms with Gasteiger partial charge in [-0.25, -0.2) is 4.39 Å². The fourth-order valence-corrected chi connectivity index (χ4v) is 2.32. The normalized spacial score (nSPS) is 10.0. The molecule has 2 aromatic rings. The fourth-order valence-electron chi connectivity index (χ4n) is 2.32. The van der Waals surface area contributed by atoms with Gasteiger partial charge in [-0.2, -0.15) is 0 Å². The minimum atomic E-state index is -0.266. The van der Waals surface area contributed by atoms with Gasteiger partial charge in [0, 0.05) is 30.8 Å². The van der Waals surface area contributed by atoms with E-state index in [1.54, 1.807) is 25.3 Å². The number of ether oxygens (including phenoxy) is 2. The number of halogens is 3. The molecule has 0 aliphatic heterocycles. The number of likely N-dealkylation sites (N-methyl/N-ethyl adjacent to an activating group) is 1. The Morgan fingerprint density at radius 1 is 1.00 bits per heavy atom. The molecule has 0 unspecified atom stereocenters. The molecule has 0 saturated heterocycles. The van der Waals surface area contributed by atoms with Crippen molar-refractivity contribution < 1.29 is 13.9 Å². The second-order valence-electron chi connectivity index (χ2n) is 5.81. The van der Waals surface area contributed by atoms with E-state index in [1.165, 1.54) is 6.07 Å². The minimum Gasteiger partial charge on any atom is -0.493 e. The standard InChI is InChI=1S/C19H25FN2O2.2ClH/c1-22(2)12-11-21-13-15-8-6-10-18(23-3)19(15)24-14-16-7-4-5-9-17(16)20;;/h4-10,21H,11-14H2,1-3H3;2*1H. The van der Waals surface area contributed by atoms with Crippen LogP contribution in [-0.4, -0.2) is 39.2 Å². The summed E-state index contributed by atoms with van der Waals surface area (Å²) in [6.45, 7) is 2.65. The van der Waals surface area contributed by atoms with E-state index in [2.05, 4.69) is 10.2 Å². The third-order valence-corrected chi connectivity index (χ3v) is 3.66. The van der Waals surface area contributed by atoms with Crippen LogP contribution in [0.25, 0.3) is 0 Å². The zero-order valence-corrected chi connectivity index (χ0v) is 17.0. The van der Waals surface area contributed by atoms with E-state index in [1.807, 2.05) is 32.3 Å². The van der Waals surface area contributed by atoms with Crippen LogP contribution in [0, 0.1) is 5.82 Å². The molecule has 0 spiro atoms. The van der Waals surface area contributed by atoms with Gasteiger partial charge in [0.15, 0.2) is 11.5 Å². The van der Waals surface area contributed by atoms with Crippen molar-refractivity contribution in [2.45, 2.75) is 13.2 Å². The van der Waals surface area contributed by atoms with E-state index in [9.17, 15) is 4.39 Å². The van der Waals surface area contributed by atoms with Crippen LogP contribution in [0.5, 0.6) is 11.5 Å². The average Bonchev–Trinajstić information content (AvgIpc) is 2.58. The summed E-state index contributed by atoms with van der Waals surface area (Å²) >= 11 is 0. The fraction of sp³-hybridized carbons (Fsp3) is 0.368. The molecule has 7 heteroatoms. The summed E-state index contributed by atoms with van der Waals surface area (Å²) in [4.78, 5) is 2.12. The first-order valence-electron chi connectivity index (χ1n) is 7.99. The van der Waals surface area contributed by atoms with Gasteiger partial charge in [0.25, 0.3) is 0 Å². The van der Waals surface area contributed by atoms with Crippen LogP contribution < -0.4 is 14.8 Å². The summed E-state index contributed by atoms with van der Waals surface area (Å²) in [5.41, 5.74) is 1.51. The lowest BCUT2D eigenvalue weighted by Crippen LogP contribution is -2.26. The lowest BCUT2D eigenvalue weighted by molar-refractivity contribution is 0.276. The first-order valence-corrected chi connectivity index (χ1v) is 7.99. The highest BCUT2D eigenvalue weighted by molar-refractivity contribution is 5.85. The lowest BCUT2D eigenvalue weighted by Gasteiger charge is -2.16. The monoisotopic (exact) mass is 404 g/mol. The van der Waals surface area contributed by atoms with E-state index in [-0.39, 0.29) is 37.2 Å². The van der Waals surface area contributed by atoms with Crippen LogP contribution in [0.4, 0.5) is 4.39 Å². The van der Waals surface area contributed by atoms with Crippen molar-refractivity contribution in [2.75, 3.05) is 34.3 Å². The maximum absolute atomic E-state index is 13.8. The smallest absolute Gasteiger partial charge is 0.166 e. The summed E-state index contributed by atoms with van der Waals surface area (Å²) in [7, 11) is 5.68. The van der Waals surface area contributed by atoms with E-state index in [0.29, 0.717) is 23.6 Å². The van der Waals surface area contributed by atoms with Crippen LogP contribution >= 0.6 is 24.8 Å². The van der Waals surface area contributed by atoms with Gasteiger partial charge in [0.2, 0.25) is 0 Å². The molecule has 0 heterocycles. The Morgan fingerprint density at radius 2 is 1.69 bits per heavy atom. The number of nitrogens with zero attached hydrogens (tertiary/aromatic N) is 1. The van der Waals surface area contributed by atoms with Crippen molar-refractivity contribution in [3.63, 3.8) is 0 Å². The molecule has 2 rings (SSSR count). The van der Waals surface area contributed by atoms with E-state index in [4.69, 9.17) is 9.47 Å². The first-order chi connectivity index (χ1) is 11.6. The van der Waals surface area contributed by atoms with E-state index >= 15 is 0 Å². The van der Waals surface area contributed by atoms with Crippen molar-refractivity contribution >= 4 is 24.8 Å². The zero-order valence-electron chi connectivity index (χ0n) is 15.3. The highest BCUT2D eigenvalue weighted by Crippen LogP contribution is 2.32. The highest BCUT2D eigenvalue weighted by Gasteiger charge is 2.12. The van der Waals surface area contributed by atoms with Crippen molar-refractivity contribution in [1.82, 2.24) is 10.2 Å². The second-order valence-corrected chi connectivity index (χ2v) is 5.81. The molecule has 0 atom stereocenters. The Bertz CT molecular complexity index is 657. The van der Waals surface area contributed by atoms with Gasteiger partial charge in [0.05, 0.1) is 7.11 Å². The third kappa shape index (κ3) is 7.38. The Hall–Kier alpha value is -1.53. The van der Waals surface area contributed by atoms with Crippen LogP contribution in [-0.2, 0) is 13.2 Å². The predicted octanol–water partition coefficient (Wildman–Crippen LogP) is 3.91. The van der Waals surface area contributed by atoms with Crippen molar-refractivity contribution in [3.05, 3.63) is 59.4 Å². The number of methoxy groups -OCH3 is 1. The van der Waals surface area contributed by atoms with E-state index < -0.39 is 0 Å². The Kier molecular flexibility index (Phi) is 12.0. The second kappa shape index (κ2) is 12.8. The number of benzene rings is 2. The molecule has 0 aliphatic rings. The van der Waals surface area contributed by atoms with Crippen LogP contribution in [0.3, 0.4) is 0 Å². The molecule has 0 saturated carbocycles. The third-order valence-electron chi connectivity index (χ3n) is 3.66. The van der Waals surface area contributed by atoms with Crippen LogP contribution in [0.1, 0.15) is 11.1 Å². The average molecular weight is 405 g/mol. The molecule has 4 nitrogen and oxygen atoms in total. The molecule has 0 radical (unpaired) electrons. The van der Waals surface area contributed by atoms with Gasteiger partial charge in [-0.15, -0.1) is 24.8 Å². The zero-order chi connectivity index (χ0) is 17.4. The number of rotatable bonds is 9. The molecule has 0 bridgehead atoms. The number of hydrogen-bond acceptors (Lipinski definition) is 4. The van der Waals surface area contributed by atoms with Gasteiger partial charge in [0.1, 0.15) is 12.4 Å².